The first-order valence-corrected chi connectivity index (χ1v) is 11.8. The smallest absolute Gasteiger partial charge is 0.259 e. The van der Waals surface area contributed by atoms with E-state index in [1.54, 1.807) is 37.3 Å². The lowest BCUT2D eigenvalue weighted by molar-refractivity contribution is 0.102. The number of anilines is 1. The second kappa shape index (κ2) is 9.35. The zero-order chi connectivity index (χ0) is 23.4. The molecule has 8 nitrogen and oxygen atoms in total. The van der Waals surface area contributed by atoms with Crippen LogP contribution in [-0.2, 0) is 15.8 Å². The third kappa shape index (κ3) is 5.16. The summed E-state index contributed by atoms with van der Waals surface area (Å²) in [6.45, 7) is 5.42. The third-order valence-corrected chi connectivity index (χ3v) is 6.27. The van der Waals surface area contributed by atoms with E-state index in [1.165, 1.54) is 6.08 Å². The molecule has 2 heterocycles. The lowest BCUT2D eigenvalue weighted by Crippen LogP contribution is -2.25. The summed E-state index contributed by atoms with van der Waals surface area (Å²) in [5.41, 5.74) is 3.80. The number of nitrogens with one attached hydrogen (secondary N) is 2. The van der Waals surface area contributed by atoms with E-state index in [0.717, 1.165) is 5.56 Å². The Hall–Kier alpha value is -3.82. The Morgan fingerprint density at radius 2 is 1.85 bits per heavy atom. The van der Waals surface area contributed by atoms with Gasteiger partial charge in [-0.15, -0.1) is 6.58 Å². The molecule has 0 saturated carbocycles. The minimum absolute atomic E-state index is 0.166. The van der Waals surface area contributed by atoms with Gasteiger partial charge in [-0.2, -0.15) is 0 Å². The number of pyridine rings is 1. The Morgan fingerprint density at radius 1 is 1.12 bits per heavy atom. The van der Waals surface area contributed by atoms with E-state index < -0.39 is 10.0 Å². The second-order valence-corrected chi connectivity index (χ2v) is 9.22. The van der Waals surface area contributed by atoms with Gasteiger partial charge in [-0.3, -0.25) is 4.79 Å². The molecule has 9 heteroatoms. The first-order chi connectivity index (χ1) is 15.9. The van der Waals surface area contributed by atoms with Crippen LogP contribution in [0.2, 0.25) is 0 Å². The number of carbonyl (C=O) groups is 1. The van der Waals surface area contributed by atoms with Gasteiger partial charge in [0.1, 0.15) is 0 Å². The molecule has 4 aromatic rings. The summed E-state index contributed by atoms with van der Waals surface area (Å²) in [6.07, 6.45) is 1.48. The quantitative estimate of drug-likeness (QED) is 0.382. The number of sulfonamides is 1. The highest BCUT2D eigenvalue weighted by molar-refractivity contribution is 7.88. The average Bonchev–Trinajstić information content (AvgIpc) is 3.19. The Kier molecular flexibility index (Phi) is 6.34. The molecule has 0 aliphatic heterocycles. The summed E-state index contributed by atoms with van der Waals surface area (Å²) in [5.74, 6) is -0.515. The molecule has 0 spiro atoms. The highest BCUT2D eigenvalue weighted by atomic mass is 32.2. The summed E-state index contributed by atoms with van der Waals surface area (Å²) >= 11 is 0. The van der Waals surface area contributed by atoms with Crippen LogP contribution in [0.15, 0.2) is 77.8 Å². The van der Waals surface area contributed by atoms with E-state index in [9.17, 15) is 13.2 Å². The summed E-state index contributed by atoms with van der Waals surface area (Å²) in [5, 5.41) is 7.36. The van der Waals surface area contributed by atoms with Crippen molar-refractivity contribution < 1.29 is 17.7 Å². The molecule has 168 valence electrons. The summed E-state index contributed by atoms with van der Waals surface area (Å²) in [7, 11) is -3.46. The van der Waals surface area contributed by atoms with Gasteiger partial charge in [0.15, 0.2) is 0 Å². The van der Waals surface area contributed by atoms with E-state index in [0.29, 0.717) is 33.6 Å². The van der Waals surface area contributed by atoms with Crippen molar-refractivity contribution in [3.05, 3.63) is 90.1 Å². The molecule has 33 heavy (non-hydrogen) atoms. The van der Waals surface area contributed by atoms with E-state index >= 15 is 0 Å². The highest BCUT2D eigenvalue weighted by Gasteiger charge is 2.19. The van der Waals surface area contributed by atoms with Crippen LogP contribution in [0.3, 0.4) is 0 Å². The first-order valence-electron chi connectivity index (χ1n) is 10.2. The van der Waals surface area contributed by atoms with Gasteiger partial charge in [-0.1, -0.05) is 53.7 Å². The van der Waals surface area contributed by atoms with E-state index in [4.69, 9.17) is 4.52 Å². The first kappa shape index (κ1) is 22.4. The fraction of sp³-hybridized carbons (Fsp3) is 0.125. The molecule has 0 bridgehead atoms. The normalized spacial score (nSPS) is 11.4. The molecule has 0 aliphatic carbocycles. The van der Waals surface area contributed by atoms with Crippen LogP contribution in [0.1, 0.15) is 21.6 Å². The molecule has 1 amide bonds. The number of fused-ring (bicyclic) bond motifs is 1. The fourth-order valence-corrected chi connectivity index (χ4v) is 4.47. The van der Waals surface area contributed by atoms with Crippen LogP contribution in [0.4, 0.5) is 5.69 Å². The van der Waals surface area contributed by atoms with Crippen LogP contribution in [0, 0.1) is 6.92 Å². The molecule has 4 rings (SSSR count). The average molecular weight is 463 g/mol. The van der Waals surface area contributed by atoms with Crippen LogP contribution < -0.4 is 10.0 Å². The minimum Gasteiger partial charge on any atom is -0.335 e. The molecule has 0 fully saturated rings. The van der Waals surface area contributed by atoms with Crippen LogP contribution in [0.5, 0.6) is 0 Å². The summed E-state index contributed by atoms with van der Waals surface area (Å²) in [6, 6.07) is 17.8. The van der Waals surface area contributed by atoms with Crippen molar-refractivity contribution in [3.8, 4) is 11.3 Å². The standard InChI is InChI=1S/C24H22N4O4S/c1-3-13-25-33(30,31)15-17-9-11-19(12-10-17)26-23(29)20-14-21(18-7-5-4-6-8-18)27-24-22(20)16(2)28-32-24/h3-12,14,25H,1,13,15H2,2H3,(H,26,29). The number of carbonyl (C=O) groups excluding carboxylic acids is 1. The van der Waals surface area contributed by atoms with Crippen molar-refractivity contribution in [2.75, 3.05) is 11.9 Å². The maximum atomic E-state index is 13.2. The minimum atomic E-state index is -3.46. The van der Waals surface area contributed by atoms with Gasteiger partial charge in [0, 0.05) is 17.8 Å². The van der Waals surface area contributed by atoms with E-state index in [-0.39, 0.29) is 23.9 Å². The zero-order valence-electron chi connectivity index (χ0n) is 17.9. The molecule has 0 unspecified atom stereocenters. The number of hydrogen-bond acceptors (Lipinski definition) is 6. The summed E-state index contributed by atoms with van der Waals surface area (Å²) in [4.78, 5) is 17.7. The Bertz CT molecular complexity index is 1410. The van der Waals surface area contributed by atoms with Gasteiger partial charge in [0.2, 0.25) is 10.0 Å². The van der Waals surface area contributed by atoms with Crippen molar-refractivity contribution in [1.29, 1.82) is 0 Å². The van der Waals surface area contributed by atoms with Gasteiger partial charge in [0.05, 0.1) is 28.1 Å². The SMILES string of the molecule is C=CCNS(=O)(=O)Cc1ccc(NC(=O)c2cc(-c3ccccc3)nc3onc(C)c23)cc1. The second-order valence-electron chi connectivity index (χ2n) is 7.42. The predicted molar refractivity (Wildman–Crippen MR) is 127 cm³/mol. The van der Waals surface area contributed by atoms with Crippen molar-refractivity contribution in [2.45, 2.75) is 12.7 Å². The fourth-order valence-electron chi connectivity index (χ4n) is 3.37. The van der Waals surface area contributed by atoms with E-state index in [1.807, 2.05) is 30.3 Å². The Labute approximate surface area is 191 Å². The molecule has 0 saturated heterocycles. The molecule has 2 aromatic heterocycles. The molecule has 2 aromatic carbocycles. The number of aryl methyl sites for hydroxylation is 1. The van der Waals surface area contributed by atoms with Crippen molar-refractivity contribution in [1.82, 2.24) is 14.9 Å². The number of nitrogens with zero attached hydrogens (tertiary/aromatic N) is 2. The maximum absolute atomic E-state index is 13.2. The number of amides is 1. The van der Waals surface area contributed by atoms with Gasteiger partial charge < -0.3 is 9.84 Å². The number of benzene rings is 2. The van der Waals surface area contributed by atoms with Gasteiger partial charge in [-0.05, 0) is 30.7 Å². The number of aromatic nitrogens is 2. The van der Waals surface area contributed by atoms with Crippen LogP contribution in [0.25, 0.3) is 22.4 Å². The van der Waals surface area contributed by atoms with Gasteiger partial charge in [-0.25, -0.2) is 18.1 Å². The lowest BCUT2D eigenvalue weighted by atomic mass is 10.0. The molecule has 0 aliphatic rings. The predicted octanol–water partition coefficient (Wildman–Crippen LogP) is 4.06. The molecular weight excluding hydrogens is 440 g/mol. The van der Waals surface area contributed by atoms with Crippen molar-refractivity contribution in [3.63, 3.8) is 0 Å². The monoisotopic (exact) mass is 462 g/mol. The molecule has 0 radical (unpaired) electrons. The Morgan fingerprint density at radius 3 is 2.55 bits per heavy atom. The van der Waals surface area contributed by atoms with E-state index in [2.05, 4.69) is 26.8 Å². The third-order valence-electron chi connectivity index (χ3n) is 4.95. The van der Waals surface area contributed by atoms with Gasteiger partial charge >= 0.3 is 0 Å². The number of rotatable bonds is 8. The molecular formula is C24H22N4O4S. The topological polar surface area (TPSA) is 114 Å². The molecule has 2 N–H and O–H groups in total. The van der Waals surface area contributed by atoms with Gasteiger partial charge in [0.25, 0.3) is 11.6 Å². The van der Waals surface area contributed by atoms with Crippen LogP contribution >= 0.6 is 0 Å². The Balaban J connectivity index is 1.59. The highest BCUT2D eigenvalue weighted by Crippen LogP contribution is 2.27. The summed E-state index contributed by atoms with van der Waals surface area (Å²) < 4.78 is 31.8. The van der Waals surface area contributed by atoms with Crippen LogP contribution in [-0.4, -0.2) is 31.0 Å². The zero-order valence-corrected chi connectivity index (χ0v) is 18.7. The van der Waals surface area contributed by atoms with Crippen molar-refractivity contribution in [2.24, 2.45) is 0 Å². The lowest BCUT2D eigenvalue weighted by Gasteiger charge is -2.09. The van der Waals surface area contributed by atoms with Crippen molar-refractivity contribution >= 4 is 32.7 Å². The maximum Gasteiger partial charge on any atom is 0.259 e. The largest absolute Gasteiger partial charge is 0.335 e. The number of hydrogen-bond donors (Lipinski definition) is 2. The molecule has 0 atom stereocenters.